The van der Waals surface area contributed by atoms with Crippen LogP contribution in [-0.2, 0) is 21.6 Å². The second-order valence-electron chi connectivity index (χ2n) is 0.349. The first kappa shape index (κ1) is 8.93. The number of rotatable bonds is 1. The third kappa shape index (κ3) is 14.6. The second kappa shape index (κ2) is 8.91. The molecule has 0 aromatic heterocycles. The minimum Gasteiger partial charge on any atom is -0.389 e. The van der Waals surface area contributed by atoms with Crippen molar-refractivity contribution in [1.82, 2.24) is 0 Å². The van der Waals surface area contributed by atoms with E-state index in [4.69, 9.17) is 9.90 Å². The van der Waals surface area contributed by atoms with E-state index in [0.717, 1.165) is 0 Å². The van der Waals surface area contributed by atoms with Crippen molar-refractivity contribution in [3.63, 3.8) is 0 Å². The maximum Gasteiger partial charge on any atom is 0.145 e. The van der Waals surface area contributed by atoms with Gasteiger partial charge in [0.05, 0.1) is 6.61 Å². The fourth-order valence-corrected chi connectivity index (χ4v) is 0. The number of carbonyl (C=O) groups excluding carboxylic acids is 1. The van der Waals surface area contributed by atoms with Crippen LogP contribution in [0.15, 0.2) is 0 Å². The predicted octanol–water partition coefficient (Wildman–Crippen LogP) is -0.825. The van der Waals surface area contributed by atoms with E-state index < -0.39 is 0 Å². The number of aliphatic hydroxyl groups is 1. The van der Waals surface area contributed by atoms with Crippen molar-refractivity contribution in [1.29, 1.82) is 0 Å². The van der Waals surface area contributed by atoms with Crippen LogP contribution >= 0.6 is 0 Å². The monoisotopic (exact) mass is 119 g/mol. The fraction of sp³-hybridized carbons (Fsp3) is 0.500. The maximum atomic E-state index is 8.92. The van der Waals surface area contributed by atoms with Gasteiger partial charge in [-0.05, 0) is 0 Å². The first-order valence-corrected chi connectivity index (χ1v) is 0.960. The zero-order valence-corrected chi connectivity index (χ0v) is 3.51. The molecule has 0 saturated carbocycles. The Morgan fingerprint density at radius 3 is 2.00 bits per heavy atom. The third-order valence-electron chi connectivity index (χ3n) is 0.0745. The molecule has 0 unspecified atom stereocenters. The summed E-state index contributed by atoms with van der Waals surface area (Å²) < 4.78 is 0. The zero-order chi connectivity index (χ0) is 3.41. The molecular formula is C2H4CoO2. The Balaban J connectivity index is 0. The van der Waals surface area contributed by atoms with Crippen molar-refractivity contribution >= 4 is 6.29 Å². The summed E-state index contributed by atoms with van der Waals surface area (Å²) in [6.07, 6.45) is 0.431. The summed E-state index contributed by atoms with van der Waals surface area (Å²) in [6.45, 7) is -0.361. The molecule has 0 bridgehead atoms. The zero-order valence-electron chi connectivity index (χ0n) is 2.47. The molecular weight excluding hydrogens is 115 g/mol. The van der Waals surface area contributed by atoms with E-state index in [1.807, 2.05) is 0 Å². The van der Waals surface area contributed by atoms with Gasteiger partial charge >= 0.3 is 0 Å². The van der Waals surface area contributed by atoms with Crippen LogP contribution in [0.5, 0.6) is 0 Å². The summed E-state index contributed by atoms with van der Waals surface area (Å²) in [6, 6.07) is 0. The molecule has 33 valence electrons. The molecule has 0 fully saturated rings. The van der Waals surface area contributed by atoms with Gasteiger partial charge < -0.3 is 9.90 Å². The predicted molar refractivity (Wildman–Crippen MR) is 13.1 cm³/mol. The van der Waals surface area contributed by atoms with Gasteiger partial charge in [0, 0.05) is 16.8 Å². The van der Waals surface area contributed by atoms with E-state index in [1.165, 1.54) is 0 Å². The molecule has 0 atom stereocenters. The quantitative estimate of drug-likeness (QED) is 0.457. The second-order valence-corrected chi connectivity index (χ2v) is 0.349. The van der Waals surface area contributed by atoms with Crippen LogP contribution in [0.2, 0.25) is 0 Å². The molecule has 0 aliphatic rings. The summed E-state index contributed by atoms with van der Waals surface area (Å²) in [7, 11) is 0. The van der Waals surface area contributed by atoms with Gasteiger partial charge in [0.1, 0.15) is 6.29 Å². The van der Waals surface area contributed by atoms with Gasteiger partial charge in [-0.1, -0.05) is 0 Å². The van der Waals surface area contributed by atoms with E-state index in [0.29, 0.717) is 6.29 Å². The van der Waals surface area contributed by atoms with Gasteiger partial charge in [-0.3, -0.25) is 0 Å². The van der Waals surface area contributed by atoms with Crippen LogP contribution in [0.1, 0.15) is 0 Å². The number of aliphatic hydroxyl groups excluding tert-OH is 1. The Labute approximate surface area is 40.4 Å². The van der Waals surface area contributed by atoms with Gasteiger partial charge in [0.25, 0.3) is 0 Å². The molecule has 0 rings (SSSR count). The molecule has 0 aromatic rings. The van der Waals surface area contributed by atoms with Crippen LogP contribution in [0.25, 0.3) is 0 Å². The summed E-state index contributed by atoms with van der Waals surface area (Å²) >= 11 is 0. The Hall–Kier alpha value is 0.136. The maximum absolute atomic E-state index is 8.92. The summed E-state index contributed by atoms with van der Waals surface area (Å²) in [5.41, 5.74) is 0. The Kier molecular flexibility index (Phi) is 15.9. The average Bonchev–Trinajstić information content (AvgIpc) is 1.37. The van der Waals surface area contributed by atoms with Crippen molar-refractivity contribution < 1.29 is 26.7 Å². The van der Waals surface area contributed by atoms with Crippen molar-refractivity contribution in [3.8, 4) is 0 Å². The van der Waals surface area contributed by atoms with Crippen molar-refractivity contribution in [3.05, 3.63) is 0 Å². The number of carbonyl (C=O) groups is 1. The first-order chi connectivity index (χ1) is 1.91. The topological polar surface area (TPSA) is 37.3 Å². The minimum atomic E-state index is -0.361. The van der Waals surface area contributed by atoms with Crippen LogP contribution in [0.3, 0.4) is 0 Å². The number of hydrogen-bond donors (Lipinski definition) is 1. The number of aldehydes is 1. The van der Waals surface area contributed by atoms with Crippen LogP contribution in [0.4, 0.5) is 0 Å². The molecule has 0 aliphatic heterocycles. The molecule has 0 aromatic carbocycles. The summed E-state index contributed by atoms with van der Waals surface area (Å²) in [5, 5.41) is 7.51. The van der Waals surface area contributed by atoms with E-state index >= 15 is 0 Å². The third-order valence-corrected chi connectivity index (χ3v) is 0.0745. The first-order valence-electron chi connectivity index (χ1n) is 0.960. The van der Waals surface area contributed by atoms with Gasteiger partial charge in [-0.25, -0.2) is 0 Å². The Bertz CT molecular complexity index is 21.6. The van der Waals surface area contributed by atoms with Gasteiger partial charge in [-0.15, -0.1) is 0 Å². The van der Waals surface area contributed by atoms with Crippen LogP contribution in [-0.4, -0.2) is 18.0 Å². The Morgan fingerprint density at radius 1 is 1.80 bits per heavy atom. The fourth-order valence-electron chi connectivity index (χ4n) is 0. The van der Waals surface area contributed by atoms with Crippen molar-refractivity contribution in [2.45, 2.75) is 0 Å². The standard InChI is InChI=1S/C2H4O2.Co/c3-1-2-4;/h1,4H,2H2;. The number of hydrogen-bond acceptors (Lipinski definition) is 2. The molecule has 0 spiro atoms. The largest absolute Gasteiger partial charge is 0.389 e. The molecule has 0 aliphatic carbocycles. The van der Waals surface area contributed by atoms with Gasteiger partial charge in [0.2, 0.25) is 0 Å². The van der Waals surface area contributed by atoms with E-state index in [9.17, 15) is 0 Å². The summed E-state index contributed by atoms with van der Waals surface area (Å²) in [4.78, 5) is 8.92. The molecule has 0 saturated heterocycles. The van der Waals surface area contributed by atoms with Gasteiger partial charge in [-0.2, -0.15) is 0 Å². The molecule has 0 heterocycles. The van der Waals surface area contributed by atoms with Crippen molar-refractivity contribution in [2.24, 2.45) is 0 Å². The SMILES string of the molecule is O=CCO.[Co]. The van der Waals surface area contributed by atoms with Crippen molar-refractivity contribution in [2.75, 3.05) is 6.61 Å². The Morgan fingerprint density at radius 2 is 2.00 bits per heavy atom. The van der Waals surface area contributed by atoms with Crippen LogP contribution in [0, 0.1) is 0 Å². The smallest absolute Gasteiger partial charge is 0.145 e. The minimum absolute atomic E-state index is 0. The molecule has 5 heavy (non-hydrogen) atoms. The van der Waals surface area contributed by atoms with Crippen LogP contribution < -0.4 is 0 Å². The molecule has 3 heteroatoms. The summed E-state index contributed by atoms with van der Waals surface area (Å²) in [5.74, 6) is 0. The molecule has 1 radical (unpaired) electrons. The van der Waals surface area contributed by atoms with E-state index in [-0.39, 0.29) is 23.4 Å². The molecule has 2 nitrogen and oxygen atoms in total. The normalized spacial score (nSPS) is 5.00. The average molecular weight is 119 g/mol. The van der Waals surface area contributed by atoms with Gasteiger partial charge in [0.15, 0.2) is 0 Å². The van der Waals surface area contributed by atoms with E-state index in [1.54, 1.807) is 0 Å². The molecule has 0 amide bonds. The molecule has 1 N–H and O–H groups in total. The van der Waals surface area contributed by atoms with E-state index in [2.05, 4.69) is 0 Å².